The van der Waals surface area contributed by atoms with Gasteiger partial charge in [0.25, 0.3) is 11.2 Å². The molecule has 0 fully saturated rings. The lowest BCUT2D eigenvalue weighted by atomic mass is 10.1. The maximum absolute atomic E-state index is 13.6. The van der Waals surface area contributed by atoms with Crippen LogP contribution >= 0.6 is 10.8 Å². The van der Waals surface area contributed by atoms with Gasteiger partial charge in [0, 0.05) is 18.3 Å². The highest BCUT2D eigenvalue weighted by Gasteiger charge is 2.30. The molecule has 2 aromatic carbocycles. The van der Waals surface area contributed by atoms with Crippen LogP contribution in [0.5, 0.6) is 5.75 Å². The van der Waals surface area contributed by atoms with Gasteiger partial charge in [-0.2, -0.15) is 0 Å². The Hall–Kier alpha value is -4.26. The van der Waals surface area contributed by atoms with Gasteiger partial charge in [0.15, 0.2) is 5.84 Å². The maximum atomic E-state index is 13.6. The number of para-hydroxylation sites is 1. The minimum Gasteiger partial charge on any atom is -0.506 e. The monoisotopic (exact) mass is 479 g/mol. The molecule has 0 aliphatic carbocycles. The Balaban J connectivity index is 1.72. The van der Waals surface area contributed by atoms with E-state index in [2.05, 4.69) is 14.7 Å². The third-order valence-electron chi connectivity index (χ3n) is 5.35. The number of fused-ring (bicyclic) bond motifs is 2. The lowest BCUT2D eigenvalue weighted by molar-refractivity contribution is -0.384. The van der Waals surface area contributed by atoms with Gasteiger partial charge in [-0.15, -0.1) is 4.40 Å². The highest BCUT2D eigenvalue weighted by molar-refractivity contribution is 8.23. The van der Waals surface area contributed by atoms with Crippen LogP contribution in [0.25, 0.3) is 11.0 Å². The minimum atomic E-state index is -3.64. The van der Waals surface area contributed by atoms with E-state index in [-0.39, 0.29) is 39.6 Å². The number of hydrogen-bond acceptors (Lipinski definition) is 9. The molecule has 0 spiro atoms. The molecular weight excluding hydrogens is 462 g/mol. The summed E-state index contributed by atoms with van der Waals surface area (Å²) in [7, 11) is -3.64. The number of hydrogen-bond donors (Lipinski definition) is 4. The third kappa shape index (κ3) is 3.55. The average Bonchev–Trinajstić information content (AvgIpc) is 2.82. The first-order chi connectivity index (χ1) is 16.3. The van der Waals surface area contributed by atoms with Gasteiger partial charge in [0.1, 0.15) is 21.9 Å². The number of nitrogens with one attached hydrogen (secondary N) is 1. The van der Waals surface area contributed by atoms with E-state index in [1.165, 1.54) is 35.0 Å². The van der Waals surface area contributed by atoms with Crippen molar-refractivity contribution in [3.63, 3.8) is 0 Å². The van der Waals surface area contributed by atoms with Crippen LogP contribution in [-0.2, 0) is 6.54 Å². The van der Waals surface area contributed by atoms with E-state index in [9.17, 15) is 29.1 Å². The number of aromatic hydroxyl groups is 1. The topological polar surface area (TPSA) is 163 Å². The van der Waals surface area contributed by atoms with Gasteiger partial charge in [-0.3, -0.25) is 28.6 Å². The number of nitrogens with zero attached hydrogens (tertiary/aromatic N) is 4. The molecule has 172 valence electrons. The molecule has 12 heteroatoms. The molecule has 1 aliphatic rings. The van der Waals surface area contributed by atoms with Crippen LogP contribution in [0.1, 0.15) is 11.1 Å². The predicted molar refractivity (Wildman–Crippen MR) is 128 cm³/mol. The summed E-state index contributed by atoms with van der Waals surface area (Å²) >= 11 is 0. The molecule has 4 N–H and O–H groups in total. The normalized spacial score (nSPS) is 15.2. The first-order valence-electron chi connectivity index (χ1n) is 9.94. The maximum Gasteiger partial charge on any atom is 0.269 e. The number of rotatable bonds is 4. The second-order valence-electron chi connectivity index (χ2n) is 7.50. The molecule has 2 aromatic heterocycles. The number of pyridine rings is 2. The predicted octanol–water partition coefficient (Wildman–Crippen LogP) is 3.96. The van der Waals surface area contributed by atoms with E-state index < -0.39 is 27.0 Å². The molecule has 5 rings (SSSR count). The summed E-state index contributed by atoms with van der Waals surface area (Å²) < 4.78 is 26.4. The fraction of sp³-hybridized carbons (Fsp3) is 0.0455. The van der Waals surface area contributed by atoms with Crippen molar-refractivity contribution in [3.8, 4) is 5.75 Å². The summed E-state index contributed by atoms with van der Waals surface area (Å²) in [6, 6.07) is 15.4. The highest BCUT2D eigenvalue weighted by Crippen LogP contribution is 2.55. The van der Waals surface area contributed by atoms with Crippen molar-refractivity contribution in [1.82, 2.24) is 9.55 Å². The summed E-state index contributed by atoms with van der Waals surface area (Å²) in [6.45, 7) is -0.0819. The Bertz CT molecular complexity index is 1570. The Kier molecular flexibility index (Phi) is 5.05. The summed E-state index contributed by atoms with van der Waals surface area (Å²) in [5.41, 5.74) is -0.165. The number of benzene rings is 2. The van der Waals surface area contributed by atoms with E-state index in [1.807, 2.05) is 0 Å². The van der Waals surface area contributed by atoms with Gasteiger partial charge >= 0.3 is 0 Å². The van der Waals surface area contributed by atoms with Crippen LogP contribution in [-0.4, -0.2) is 34.5 Å². The first-order valence-corrected chi connectivity index (χ1v) is 11.4. The zero-order valence-electron chi connectivity index (χ0n) is 17.3. The fourth-order valence-corrected chi connectivity index (χ4v) is 4.98. The summed E-state index contributed by atoms with van der Waals surface area (Å²) in [5.74, 6) is -0.635. The number of nitro benzene ring substituents is 1. The number of amidine groups is 1. The SMILES string of the molecule is O=c1c(C2=NS(O)(O)c3ccccc3N2)c(O)c2cccnc2n1Cc1cccc([N+](=O)[O-])c1. The van der Waals surface area contributed by atoms with Gasteiger partial charge in [-0.05, 0) is 29.8 Å². The Morgan fingerprint density at radius 1 is 1.09 bits per heavy atom. The van der Waals surface area contributed by atoms with Gasteiger partial charge in [-0.25, -0.2) is 4.98 Å². The summed E-state index contributed by atoms with van der Waals surface area (Å²) in [4.78, 5) is 28.6. The van der Waals surface area contributed by atoms with Crippen LogP contribution in [0.2, 0.25) is 0 Å². The van der Waals surface area contributed by atoms with Crippen LogP contribution in [0.3, 0.4) is 0 Å². The molecule has 34 heavy (non-hydrogen) atoms. The van der Waals surface area contributed by atoms with E-state index in [4.69, 9.17) is 0 Å². The van der Waals surface area contributed by atoms with Crippen LogP contribution < -0.4 is 10.9 Å². The minimum absolute atomic E-state index is 0.0819. The highest BCUT2D eigenvalue weighted by atomic mass is 32.3. The van der Waals surface area contributed by atoms with Crippen LogP contribution in [0.15, 0.2) is 80.9 Å². The Morgan fingerprint density at radius 3 is 2.68 bits per heavy atom. The number of non-ortho nitro benzene ring substituents is 1. The summed E-state index contributed by atoms with van der Waals surface area (Å²) in [6.07, 6.45) is 1.45. The zero-order valence-corrected chi connectivity index (χ0v) is 18.1. The molecule has 0 saturated heterocycles. The Morgan fingerprint density at radius 2 is 1.88 bits per heavy atom. The van der Waals surface area contributed by atoms with E-state index in [0.29, 0.717) is 11.3 Å². The molecule has 0 unspecified atom stereocenters. The third-order valence-corrected chi connectivity index (χ3v) is 6.73. The number of aromatic nitrogens is 2. The van der Waals surface area contributed by atoms with Crippen molar-refractivity contribution in [3.05, 3.63) is 98.5 Å². The first kappa shape index (κ1) is 21.6. The number of nitro groups is 1. The molecule has 0 atom stereocenters. The molecule has 0 saturated carbocycles. The van der Waals surface area contributed by atoms with Gasteiger partial charge < -0.3 is 10.4 Å². The van der Waals surface area contributed by atoms with E-state index in [0.717, 1.165) is 0 Å². The average molecular weight is 479 g/mol. The lowest BCUT2D eigenvalue weighted by Crippen LogP contribution is -2.32. The van der Waals surface area contributed by atoms with E-state index >= 15 is 0 Å². The molecular formula is C22H17N5O6S. The zero-order chi connectivity index (χ0) is 24.0. The van der Waals surface area contributed by atoms with E-state index in [1.54, 1.807) is 36.4 Å². The van der Waals surface area contributed by atoms with Crippen molar-refractivity contribution in [2.45, 2.75) is 11.4 Å². The summed E-state index contributed by atoms with van der Waals surface area (Å²) in [5, 5.41) is 25.3. The molecule has 0 amide bonds. The molecule has 11 nitrogen and oxygen atoms in total. The Labute approximate surface area is 193 Å². The molecule has 4 aromatic rings. The molecule has 0 radical (unpaired) electrons. The number of anilines is 1. The quantitative estimate of drug-likeness (QED) is 0.252. The smallest absolute Gasteiger partial charge is 0.269 e. The van der Waals surface area contributed by atoms with Crippen LogP contribution in [0.4, 0.5) is 11.4 Å². The van der Waals surface area contributed by atoms with Crippen molar-refractivity contribution < 1.29 is 19.1 Å². The van der Waals surface area contributed by atoms with Crippen molar-refractivity contribution in [2.75, 3.05) is 5.32 Å². The largest absolute Gasteiger partial charge is 0.506 e. The van der Waals surface area contributed by atoms with Gasteiger partial charge in [-0.1, -0.05) is 35.0 Å². The van der Waals surface area contributed by atoms with Crippen molar-refractivity contribution in [1.29, 1.82) is 0 Å². The standard InChI is InChI=1S/C22H17N5O6S/c28-19-15-7-4-10-23-21(15)26(12-13-5-3-6-14(11-13)27(30)31)22(29)18(19)20-24-16-8-1-2-9-17(16)34(32,33)25-20/h1-11,28,32-33H,12H2,(H,24,25). The second-order valence-corrected chi connectivity index (χ2v) is 9.16. The van der Waals surface area contributed by atoms with Gasteiger partial charge in [0.05, 0.1) is 22.5 Å². The second kappa shape index (κ2) is 7.95. The van der Waals surface area contributed by atoms with Crippen molar-refractivity contribution >= 4 is 39.0 Å². The fourth-order valence-electron chi connectivity index (χ4n) is 3.82. The van der Waals surface area contributed by atoms with Gasteiger partial charge in [0.2, 0.25) is 0 Å². The molecule has 0 bridgehead atoms. The lowest BCUT2D eigenvalue weighted by Gasteiger charge is -2.34. The molecule has 3 heterocycles. The van der Waals surface area contributed by atoms with Crippen molar-refractivity contribution in [2.24, 2.45) is 4.40 Å². The molecule has 1 aliphatic heterocycles. The van der Waals surface area contributed by atoms with Crippen LogP contribution in [0, 0.1) is 10.1 Å².